The van der Waals surface area contributed by atoms with Crippen LogP contribution < -0.4 is 16.2 Å². The number of nitrogens with one attached hydrogen (secondary N) is 2. The van der Waals surface area contributed by atoms with Crippen LogP contribution in [0.2, 0.25) is 0 Å². The Labute approximate surface area is 171 Å². The predicted octanol–water partition coefficient (Wildman–Crippen LogP) is 3.36. The van der Waals surface area contributed by atoms with Gasteiger partial charge in [0, 0.05) is 44.0 Å². The summed E-state index contributed by atoms with van der Waals surface area (Å²) in [4.78, 5) is 21.4. The minimum Gasteiger partial charge on any atom is -0.381 e. The van der Waals surface area contributed by atoms with E-state index in [4.69, 9.17) is 4.74 Å². The summed E-state index contributed by atoms with van der Waals surface area (Å²) in [5, 5.41) is 6.60. The van der Waals surface area contributed by atoms with Gasteiger partial charge in [-0.3, -0.25) is 9.36 Å². The second-order valence-electron chi connectivity index (χ2n) is 6.67. The fourth-order valence-electron chi connectivity index (χ4n) is 3.17. The van der Waals surface area contributed by atoms with Crippen LogP contribution >= 0.6 is 12.4 Å². The molecule has 0 saturated carbocycles. The summed E-state index contributed by atoms with van der Waals surface area (Å²) >= 11 is 0. The van der Waals surface area contributed by atoms with Crippen LogP contribution in [0, 0.1) is 11.6 Å². The number of anilines is 3. The third-order valence-electron chi connectivity index (χ3n) is 4.70. The van der Waals surface area contributed by atoms with Gasteiger partial charge in [-0.25, -0.2) is 13.8 Å². The third kappa shape index (κ3) is 4.46. The van der Waals surface area contributed by atoms with Crippen molar-refractivity contribution in [2.75, 3.05) is 23.8 Å². The molecule has 10 heteroatoms. The minimum atomic E-state index is -0.783. The van der Waals surface area contributed by atoms with E-state index in [1.807, 2.05) is 0 Å². The number of pyridine rings is 1. The van der Waals surface area contributed by atoms with E-state index >= 15 is 0 Å². The largest absolute Gasteiger partial charge is 0.381 e. The highest BCUT2D eigenvalue weighted by atomic mass is 35.5. The molecule has 1 aromatic carbocycles. The van der Waals surface area contributed by atoms with Crippen LogP contribution in [0.25, 0.3) is 11.0 Å². The lowest BCUT2D eigenvalue weighted by atomic mass is 10.1. The molecule has 2 N–H and O–H groups in total. The van der Waals surface area contributed by atoms with Crippen molar-refractivity contribution in [2.45, 2.75) is 18.9 Å². The van der Waals surface area contributed by atoms with Crippen LogP contribution in [0.1, 0.15) is 12.8 Å². The average molecular weight is 424 g/mol. The second kappa shape index (κ2) is 8.71. The number of aromatic nitrogens is 3. The molecule has 3 heterocycles. The molecule has 1 saturated heterocycles. The molecule has 1 aliphatic rings. The Morgan fingerprint density at radius 1 is 1.17 bits per heavy atom. The van der Waals surface area contributed by atoms with Gasteiger partial charge in [0.2, 0.25) is 5.95 Å². The highest BCUT2D eigenvalue weighted by Crippen LogP contribution is 2.22. The molecule has 2 aromatic heterocycles. The SMILES string of the molecule is Cl.Cn1c(=O)c(Nc2ccc(F)cc2F)cc2cnc(NC3CCOCC3)nc21. The molecule has 1 aliphatic heterocycles. The van der Waals surface area contributed by atoms with Crippen molar-refractivity contribution < 1.29 is 13.5 Å². The summed E-state index contributed by atoms with van der Waals surface area (Å²) in [7, 11) is 1.59. The molecule has 0 bridgehead atoms. The van der Waals surface area contributed by atoms with Gasteiger partial charge in [-0.2, -0.15) is 4.98 Å². The van der Waals surface area contributed by atoms with E-state index in [1.165, 1.54) is 10.6 Å². The van der Waals surface area contributed by atoms with Gasteiger partial charge in [-0.15, -0.1) is 12.4 Å². The first-order valence-corrected chi connectivity index (χ1v) is 8.94. The highest BCUT2D eigenvalue weighted by Gasteiger charge is 2.16. The first-order valence-electron chi connectivity index (χ1n) is 8.94. The van der Waals surface area contributed by atoms with Crippen LogP contribution in [-0.2, 0) is 11.8 Å². The lowest BCUT2D eigenvalue weighted by Crippen LogP contribution is -2.29. The molecule has 154 valence electrons. The summed E-state index contributed by atoms with van der Waals surface area (Å²) in [6, 6.07) is 4.90. The molecule has 0 atom stereocenters. The number of ether oxygens (including phenoxy) is 1. The van der Waals surface area contributed by atoms with Crippen LogP contribution in [-0.4, -0.2) is 33.8 Å². The number of rotatable bonds is 4. The first-order chi connectivity index (χ1) is 13.5. The molecular weight excluding hydrogens is 404 g/mol. The molecule has 7 nitrogen and oxygen atoms in total. The van der Waals surface area contributed by atoms with Gasteiger partial charge in [0.15, 0.2) is 0 Å². The molecule has 4 rings (SSSR count). The zero-order valence-corrected chi connectivity index (χ0v) is 16.4. The topological polar surface area (TPSA) is 81.1 Å². The quantitative estimate of drug-likeness (QED) is 0.669. The van der Waals surface area contributed by atoms with Crippen LogP contribution in [0.5, 0.6) is 0 Å². The summed E-state index contributed by atoms with van der Waals surface area (Å²) in [6.45, 7) is 1.39. The molecule has 3 aromatic rings. The molecule has 29 heavy (non-hydrogen) atoms. The van der Waals surface area contributed by atoms with Gasteiger partial charge >= 0.3 is 0 Å². The van der Waals surface area contributed by atoms with E-state index < -0.39 is 11.6 Å². The van der Waals surface area contributed by atoms with Crippen molar-refractivity contribution in [3.05, 3.63) is 52.5 Å². The smallest absolute Gasteiger partial charge is 0.275 e. The number of hydrogen-bond acceptors (Lipinski definition) is 6. The van der Waals surface area contributed by atoms with E-state index in [2.05, 4.69) is 20.6 Å². The average Bonchev–Trinajstić information content (AvgIpc) is 2.69. The lowest BCUT2D eigenvalue weighted by molar-refractivity contribution is 0.0903. The number of nitrogens with zero attached hydrogens (tertiary/aromatic N) is 3. The highest BCUT2D eigenvalue weighted by molar-refractivity contribution is 5.85. The Balaban J connectivity index is 0.00000240. The van der Waals surface area contributed by atoms with Crippen molar-refractivity contribution >= 4 is 40.8 Å². The summed E-state index contributed by atoms with van der Waals surface area (Å²) in [5.41, 5.74) is 0.234. The molecule has 0 aliphatic carbocycles. The standard InChI is InChI=1S/C19H19F2N5O2.ClH/c1-26-17-11(10-22-19(25-17)23-13-4-6-28-7-5-13)8-16(18(26)27)24-15-3-2-12(20)9-14(15)21;/h2-3,8-10,13,24H,4-7H2,1H3,(H,22,23,25);1H. The van der Waals surface area contributed by atoms with Crippen LogP contribution in [0.3, 0.4) is 0 Å². The Morgan fingerprint density at radius 3 is 2.66 bits per heavy atom. The van der Waals surface area contributed by atoms with Gasteiger partial charge in [0.25, 0.3) is 5.56 Å². The van der Waals surface area contributed by atoms with E-state index in [0.29, 0.717) is 30.2 Å². The molecule has 0 unspecified atom stereocenters. The maximum atomic E-state index is 13.9. The Bertz CT molecular complexity index is 1090. The Morgan fingerprint density at radius 2 is 1.93 bits per heavy atom. The third-order valence-corrected chi connectivity index (χ3v) is 4.70. The van der Waals surface area contributed by atoms with Crippen molar-refractivity contribution in [1.29, 1.82) is 0 Å². The second-order valence-corrected chi connectivity index (χ2v) is 6.67. The molecule has 0 amide bonds. The van der Waals surface area contributed by atoms with Gasteiger partial charge in [-0.05, 0) is 31.0 Å². The molecule has 0 spiro atoms. The van der Waals surface area contributed by atoms with Crippen LogP contribution in [0.15, 0.2) is 35.3 Å². The normalized spacial score (nSPS) is 14.4. The van der Waals surface area contributed by atoms with Crippen molar-refractivity contribution in [1.82, 2.24) is 14.5 Å². The molecular formula is C19H20ClF2N5O2. The summed E-state index contributed by atoms with van der Waals surface area (Å²) in [6.07, 6.45) is 3.34. The minimum absolute atomic E-state index is 0. The van der Waals surface area contributed by atoms with Crippen molar-refractivity contribution in [3.8, 4) is 0 Å². The maximum Gasteiger partial charge on any atom is 0.275 e. The van der Waals surface area contributed by atoms with Gasteiger partial charge < -0.3 is 15.4 Å². The molecule has 1 fully saturated rings. The fraction of sp³-hybridized carbons (Fsp3) is 0.316. The molecule has 0 radical (unpaired) electrons. The monoisotopic (exact) mass is 423 g/mol. The van der Waals surface area contributed by atoms with Crippen LogP contribution in [0.4, 0.5) is 26.1 Å². The number of hydrogen-bond donors (Lipinski definition) is 2. The number of benzene rings is 1. The van der Waals surface area contributed by atoms with Crippen molar-refractivity contribution in [3.63, 3.8) is 0 Å². The van der Waals surface area contributed by atoms with Crippen molar-refractivity contribution in [2.24, 2.45) is 7.05 Å². The van der Waals surface area contributed by atoms with E-state index in [1.54, 1.807) is 19.3 Å². The fourth-order valence-corrected chi connectivity index (χ4v) is 3.17. The van der Waals surface area contributed by atoms with Gasteiger partial charge in [-0.1, -0.05) is 0 Å². The Hall–Kier alpha value is -2.78. The van der Waals surface area contributed by atoms with E-state index in [0.717, 1.165) is 25.0 Å². The maximum absolute atomic E-state index is 13.9. The van der Waals surface area contributed by atoms with E-state index in [-0.39, 0.29) is 35.4 Å². The summed E-state index contributed by atoms with van der Waals surface area (Å²) < 4.78 is 33.7. The number of halogens is 3. The van der Waals surface area contributed by atoms with E-state index in [9.17, 15) is 13.6 Å². The van der Waals surface area contributed by atoms with Gasteiger partial charge in [0.1, 0.15) is 23.0 Å². The summed E-state index contributed by atoms with van der Waals surface area (Å²) in [5.74, 6) is -1.03. The van der Waals surface area contributed by atoms with Gasteiger partial charge in [0.05, 0.1) is 5.69 Å². The number of aryl methyl sites for hydroxylation is 1. The first kappa shape index (κ1) is 20.9. The lowest BCUT2D eigenvalue weighted by Gasteiger charge is -2.23. The zero-order chi connectivity index (χ0) is 19.7. The number of fused-ring (bicyclic) bond motifs is 1. The predicted molar refractivity (Wildman–Crippen MR) is 109 cm³/mol. The zero-order valence-electron chi connectivity index (χ0n) is 15.6. The Kier molecular flexibility index (Phi) is 6.29.